The molecule has 0 aromatic carbocycles. The smallest absolute Gasteiger partial charge is 0.224 e. The van der Waals surface area contributed by atoms with E-state index in [-0.39, 0.29) is 0 Å². The molecule has 0 saturated heterocycles. The zero-order chi connectivity index (χ0) is 14.8. The second-order valence-corrected chi connectivity index (χ2v) is 5.08. The third-order valence-corrected chi connectivity index (χ3v) is 3.26. The van der Waals surface area contributed by atoms with Crippen LogP contribution in [0.5, 0.6) is 0 Å². The van der Waals surface area contributed by atoms with Crippen molar-refractivity contribution < 1.29 is 9.47 Å². The summed E-state index contributed by atoms with van der Waals surface area (Å²) in [7, 11) is 3.41. The molecule has 1 rings (SSSR count). The van der Waals surface area contributed by atoms with Crippen molar-refractivity contribution in [2.24, 2.45) is 0 Å². The quantitative estimate of drug-likeness (QED) is 0.655. The van der Waals surface area contributed by atoms with Crippen molar-refractivity contribution in [3.8, 4) is 0 Å². The van der Waals surface area contributed by atoms with Crippen LogP contribution in [0.1, 0.15) is 13.3 Å². The van der Waals surface area contributed by atoms with E-state index in [2.05, 4.69) is 36.1 Å². The van der Waals surface area contributed by atoms with Gasteiger partial charge in [-0.15, -0.1) is 0 Å². The first-order valence-corrected chi connectivity index (χ1v) is 7.51. The van der Waals surface area contributed by atoms with Crippen LogP contribution in [0.4, 0.5) is 11.8 Å². The molecule has 1 aromatic rings. The van der Waals surface area contributed by atoms with Gasteiger partial charge in [0.25, 0.3) is 0 Å². The lowest BCUT2D eigenvalue weighted by atomic mass is 10.3. The molecule has 0 aliphatic rings. The van der Waals surface area contributed by atoms with E-state index in [1.807, 2.05) is 6.92 Å². The number of anilines is 2. The Hall–Kier alpha value is -0.920. The predicted octanol–water partition coefficient (Wildman–Crippen LogP) is 2.16. The average Bonchev–Trinajstić information content (AvgIpc) is 2.45. The molecule has 1 heterocycles. The number of aromatic nitrogens is 2. The standard InChI is InChI=1S/C13H23BrN4O2/c1-4-15-13-16-10-11(14)12(17-13)18(7-9-20-3)6-5-8-19-2/h10H,4-9H2,1-3H3,(H,15,16,17). The van der Waals surface area contributed by atoms with E-state index in [0.717, 1.165) is 43.0 Å². The van der Waals surface area contributed by atoms with Crippen LogP contribution in [0.2, 0.25) is 0 Å². The highest BCUT2D eigenvalue weighted by Crippen LogP contribution is 2.24. The van der Waals surface area contributed by atoms with Gasteiger partial charge < -0.3 is 19.7 Å². The van der Waals surface area contributed by atoms with Crippen LogP contribution in [0, 0.1) is 0 Å². The van der Waals surface area contributed by atoms with Gasteiger partial charge in [0, 0.05) is 46.7 Å². The van der Waals surface area contributed by atoms with E-state index in [9.17, 15) is 0 Å². The summed E-state index contributed by atoms with van der Waals surface area (Å²) in [6, 6.07) is 0. The van der Waals surface area contributed by atoms with Gasteiger partial charge in [-0.25, -0.2) is 4.98 Å². The first-order valence-electron chi connectivity index (χ1n) is 6.72. The second-order valence-electron chi connectivity index (χ2n) is 4.22. The molecule has 0 amide bonds. The number of halogens is 1. The van der Waals surface area contributed by atoms with Gasteiger partial charge in [-0.3, -0.25) is 0 Å². The van der Waals surface area contributed by atoms with E-state index in [4.69, 9.17) is 9.47 Å². The van der Waals surface area contributed by atoms with Crippen molar-refractivity contribution in [3.63, 3.8) is 0 Å². The maximum Gasteiger partial charge on any atom is 0.224 e. The van der Waals surface area contributed by atoms with Gasteiger partial charge in [0.2, 0.25) is 5.95 Å². The molecule has 0 unspecified atom stereocenters. The molecule has 0 aliphatic carbocycles. The highest BCUT2D eigenvalue weighted by atomic mass is 79.9. The fraction of sp³-hybridized carbons (Fsp3) is 0.692. The van der Waals surface area contributed by atoms with E-state index in [1.54, 1.807) is 20.4 Å². The molecule has 0 aliphatic heterocycles. The summed E-state index contributed by atoms with van der Waals surface area (Å²) < 4.78 is 11.2. The molecule has 20 heavy (non-hydrogen) atoms. The first-order chi connectivity index (χ1) is 9.72. The molecule has 0 radical (unpaired) electrons. The lowest BCUT2D eigenvalue weighted by molar-refractivity contribution is 0.191. The van der Waals surface area contributed by atoms with Crippen LogP contribution in [-0.4, -0.2) is 57.0 Å². The Morgan fingerprint density at radius 2 is 2.00 bits per heavy atom. The average molecular weight is 347 g/mol. The topological polar surface area (TPSA) is 59.5 Å². The number of nitrogens with one attached hydrogen (secondary N) is 1. The van der Waals surface area contributed by atoms with Crippen LogP contribution in [-0.2, 0) is 9.47 Å². The summed E-state index contributed by atoms with van der Waals surface area (Å²) in [5, 5.41) is 3.13. The number of methoxy groups -OCH3 is 2. The maximum absolute atomic E-state index is 5.17. The van der Waals surface area contributed by atoms with Gasteiger partial charge in [-0.05, 0) is 29.3 Å². The third kappa shape index (κ3) is 5.60. The Balaban J connectivity index is 2.83. The molecule has 114 valence electrons. The Morgan fingerprint density at radius 3 is 2.65 bits per heavy atom. The van der Waals surface area contributed by atoms with Gasteiger partial charge >= 0.3 is 0 Å². The van der Waals surface area contributed by atoms with Crippen molar-refractivity contribution in [2.45, 2.75) is 13.3 Å². The van der Waals surface area contributed by atoms with Gasteiger partial charge in [0.1, 0.15) is 5.82 Å². The monoisotopic (exact) mass is 346 g/mol. The van der Waals surface area contributed by atoms with Gasteiger partial charge in [-0.2, -0.15) is 4.98 Å². The van der Waals surface area contributed by atoms with E-state index >= 15 is 0 Å². The molecule has 0 atom stereocenters. The lowest BCUT2D eigenvalue weighted by Crippen LogP contribution is -2.30. The fourth-order valence-corrected chi connectivity index (χ4v) is 2.19. The summed E-state index contributed by atoms with van der Waals surface area (Å²) in [6.45, 7) is 5.83. The molecular weight excluding hydrogens is 324 g/mol. The minimum Gasteiger partial charge on any atom is -0.385 e. The molecule has 0 bridgehead atoms. The molecule has 0 saturated carbocycles. The van der Waals surface area contributed by atoms with Crippen molar-refractivity contribution in [1.29, 1.82) is 0 Å². The van der Waals surface area contributed by atoms with Crippen molar-refractivity contribution >= 4 is 27.7 Å². The number of hydrogen-bond acceptors (Lipinski definition) is 6. The molecule has 0 fully saturated rings. The zero-order valence-electron chi connectivity index (χ0n) is 12.4. The van der Waals surface area contributed by atoms with Crippen LogP contribution in [0.15, 0.2) is 10.7 Å². The summed E-state index contributed by atoms with van der Waals surface area (Å²) in [5.74, 6) is 1.52. The summed E-state index contributed by atoms with van der Waals surface area (Å²) in [5.41, 5.74) is 0. The highest BCUT2D eigenvalue weighted by molar-refractivity contribution is 9.10. The maximum atomic E-state index is 5.17. The normalized spacial score (nSPS) is 10.6. The van der Waals surface area contributed by atoms with E-state index in [0.29, 0.717) is 12.6 Å². The molecular formula is C13H23BrN4O2. The SMILES string of the molecule is CCNc1ncc(Br)c(N(CCCOC)CCOC)n1. The van der Waals surface area contributed by atoms with Crippen molar-refractivity contribution in [1.82, 2.24) is 9.97 Å². The minimum atomic E-state index is 0.639. The summed E-state index contributed by atoms with van der Waals surface area (Å²) in [4.78, 5) is 11.0. The Bertz CT molecular complexity index is 393. The Morgan fingerprint density at radius 1 is 1.25 bits per heavy atom. The molecule has 1 N–H and O–H groups in total. The predicted molar refractivity (Wildman–Crippen MR) is 84.5 cm³/mol. The number of rotatable bonds is 10. The van der Waals surface area contributed by atoms with Crippen LogP contribution in [0.3, 0.4) is 0 Å². The van der Waals surface area contributed by atoms with E-state index < -0.39 is 0 Å². The molecule has 1 aromatic heterocycles. The van der Waals surface area contributed by atoms with Gasteiger partial charge in [0.05, 0.1) is 11.1 Å². The molecule has 7 heteroatoms. The first kappa shape index (κ1) is 17.1. The highest BCUT2D eigenvalue weighted by Gasteiger charge is 2.13. The van der Waals surface area contributed by atoms with Crippen molar-refractivity contribution in [2.75, 3.05) is 57.3 Å². The van der Waals surface area contributed by atoms with Crippen molar-refractivity contribution in [3.05, 3.63) is 10.7 Å². The zero-order valence-corrected chi connectivity index (χ0v) is 13.9. The summed E-state index contributed by atoms with van der Waals surface area (Å²) in [6.07, 6.45) is 2.71. The van der Waals surface area contributed by atoms with E-state index in [1.165, 1.54) is 0 Å². The van der Waals surface area contributed by atoms with Gasteiger partial charge in [0.15, 0.2) is 0 Å². The second kappa shape index (κ2) is 9.90. The number of ether oxygens (including phenoxy) is 2. The number of nitrogens with zero attached hydrogens (tertiary/aromatic N) is 3. The fourth-order valence-electron chi connectivity index (χ4n) is 1.75. The third-order valence-electron chi connectivity index (χ3n) is 2.70. The lowest BCUT2D eigenvalue weighted by Gasteiger charge is -2.24. The molecule has 0 spiro atoms. The Labute approximate surface area is 129 Å². The summed E-state index contributed by atoms with van der Waals surface area (Å²) >= 11 is 3.52. The molecule has 6 nitrogen and oxygen atoms in total. The Kier molecular flexibility index (Phi) is 8.48. The minimum absolute atomic E-state index is 0.639. The largest absolute Gasteiger partial charge is 0.385 e. The van der Waals surface area contributed by atoms with Gasteiger partial charge in [-0.1, -0.05) is 0 Å². The van der Waals surface area contributed by atoms with Crippen LogP contribution in [0.25, 0.3) is 0 Å². The number of hydrogen-bond donors (Lipinski definition) is 1. The van der Waals surface area contributed by atoms with Crippen LogP contribution >= 0.6 is 15.9 Å². The van der Waals surface area contributed by atoms with Crippen LogP contribution < -0.4 is 10.2 Å².